The van der Waals surface area contributed by atoms with Crippen LogP contribution in [0.15, 0.2) is 18.2 Å². The molecule has 2 atom stereocenters. The second-order valence-electron chi connectivity index (χ2n) is 3.60. The van der Waals surface area contributed by atoms with Gasteiger partial charge in [-0.3, -0.25) is 4.79 Å². The van der Waals surface area contributed by atoms with Gasteiger partial charge in [-0.15, -0.1) is 0 Å². The zero-order chi connectivity index (χ0) is 11.6. The van der Waals surface area contributed by atoms with E-state index >= 15 is 0 Å². The number of carboxylic acid groups (broad SMARTS) is 1. The summed E-state index contributed by atoms with van der Waals surface area (Å²) in [7, 11) is 0. The Morgan fingerprint density at radius 1 is 1.40 bits per heavy atom. The van der Waals surface area contributed by atoms with Crippen molar-refractivity contribution in [1.82, 2.24) is 0 Å². The second kappa shape index (κ2) is 4.42. The number of aliphatic carboxylic acids is 1. The molecule has 0 aliphatic rings. The first-order valence-corrected chi connectivity index (χ1v) is 4.67. The van der Waals surface area contributed by atoms with Crippen LogP contribution in [0.4, 0.5) is 0 Å². The summed E-state index contributed by atoms with van der Waals surface area (Å²) in [5.41, 5.74) is 7.82. The summed E-state index contributed by atoms with van der Waals surface area (Å²) in [6, 6.07) is 4.08. The molecular weight excluding hydrogens is 194 g/mol. The summed E-state index contributed by atoms with van der Waals surface area (Å²) in [4.78, 5) is 10.6. The standard InChI is InChI=1S/C11H15NO3/c1-6-4-3-5-8(7(6)2)10(13)9(12)11(14)15/h3-5,9-10,13H,12H2,1-2H3,(H,14,15). The van der Waals surface area contributed by atoms with Crippen LogP contribution in [-0.4, -0.2) is 22.2 Å². The van der Waals surface area contributed by atoms with E-state index in [1.807, 2.05) is 19.9 Å². The van der Waals surface area contributed by atoms with E-state index in [0.717, 1.165) is 11.1 Å². The van der Waals surface area contributed by atoms with E-state index in [1.165, 1.54) is 0 Å². The van der Waals surface area contributed by atoms with Crippen molar-refractivity contribution in [3.63, 3.8) is 0 Å². The van der Waals surface area contributed by atoms with E-state index in [-0.39, 0.29) is 0 Å². The van der Waals surface area contributed by atoms with Crippen molar-refractivity contribution in [2.24, 2.45) is 5.73 Å². The molecule has 4 N–H and O–H groups in total. The van der Waals surface area contributed by atoms with Gasteiger partial charge in [-0.25, -0.2) is 0 Å². The Hall–Kier alpha value is -1.39. The van der Waals surface area contributed by atoms with Gasteiger partial charge in [0.05, 0.1) is 0 Å². The predicted octanol–water partition coefficient (Wildman–Crippen LogP) is 0.749. The molecule has 0 aliphatic carbocycles. The van der Waals surface area contributed by atoms with Gasteiger partial charge in [0.2, 0.25) is 0 Å². The van der Waals surface area contributed by atoms with Crippen LogP contribution >= 0.6 is 0 Å². The Labute approximate surface area is 88.3 Å². The highest BCUT2D eigenvalue weighted by Gasteiger charge is 2.24. The molecule has 2 unspecified atom stereocenters. The molecule has 0 spiro atoms. The van der Waals surface area contributed by atoms with Crippen LogP contribution in [0.1, 0.15) is 22.8 Å². The average molecular weight is 209 g/mol. The molecule has 15 heavy (non-hydrogen) atoms. The fraction of sp³-hybridized carbons (Fsp3) is 0.364. The Morgan fingerprint density at radius 3 is 2.53 bits per heavy atom. The van der Waals surface area contributed by atoms with Gasteiger partial charge in [0.25, 0.3) is 0 Å². The van der Waals surface area contributed by atoms with Crippen molar-refractivity contribution in [3.8, 4) is 0 Å². The summed E-state index contributed by atoms with van der Waals surface area (Å²) in [6.07, 6.45) is -1.16. The molecule has 4 nitrogen and oxygen atoms in total. The maximum Gasteiger partial charge on any atom is 0.323 e. The number of aryl methyl sites for hydroxylation is 1. The maximum atomic E-state index is 10.6. The lowest BCUT2D eigenvalue weighted by molar-refractivity contribution is -0.141. The molecule has 1 aromatic rings. The van der Waals surface area contributed by atoms with Crippen LogP contribution < -0.4 is 5.73 Å². The first-order chi connectivity index (χ1) is 6.95. The molecule has 0 bridgehead atoms. The van der Waals surface area contributed by atoms with Gasteiger partial charge in [0.15, 0.2) is 0 Å². The van der Waals surface area contributed by atoms with Crippen molar-refractivity contribution in [3.05, 3.63) is 34.9 Å². The van der Waals surface area contributed by atoms with Crippen molar-refractivity contribution >= 4 is 5.97 Å². The minimum absolute atomic E-state index is 0.574. The zero-order valence-corrected chi connectivity index (χ0v) is 8.77. The Kier molecular flexibility index (Phi) is 3.44. The van der Waals surface area contributed by atoms with Crippen LogP contribution in [0.25, 0.3) is 0 Å². The largest absolute Gasteiger partial charge is 0.480 e. The normalized spacial score (nSPS) is 14.7. The number of aliphatic hydroxyl groups excluding tert-OH is 1. The summed E-state index contributed by atoms with van der Waals surface area (Å²) >= 11 is 0. The predicted molar refractivity (Wildman–Crippen MR) is 56.5 cm³/mol. The Balaban J connectivity index is 3.06. The van der Waals surface area contributed by atoms with Crippen molar-refractivity contribution < 1.29 is 15.0 Å². The molecule has 0 amide bonds. The van der Waals surface area contributed by atoms with Gasteiger partial charge < -0.3 is 15.9 Å². The third-order valence-corrected chi connectivity index (χ3v) is 2.59. The van der Waals surface area contributed by atoms with E-state index in [2.05, 4.69) is 0 Å². The summed E-state index contributed by atoms with van der Waals surface area (Å²) < 4.78 is 0. The van der Waals surface area contributed by atoms with E-state index in [9.17, 15) is 9.90 Å². The van der Waals surface area contributed by atoms with E-state index in [0.29, 0.717) is 5.56 Å². The molecule has 1 aromatic carbocycles. The summed E-state index contributed by atoms with van der Waals surface area (Å²) in [5, 5.41) is 18.4. The van der Waals surface area contributed by atoms with Crippen LogP contribution in [-0.2, 0) is 4.79 Å². The van der Waals surface area contributed by atoms with Gasteiger partial charge in [0.1, 0.15) is 12.1 Å². The molecule has 0 aliphatic heterocycles. The SMILES string of the molecule is Cc1cccc(C(O)C(N)C(=O)O)c1C. The number of nitrogens with two attached hydrogens (primary N) is 1. The number of carbonyl (C=O) groups is 1. The van der Waals surface area contributed by atoms with Crippen LogP contribution in [0.3, 0.4) is 0 Å². The van der Waals surface area contributed by atoms with E-state index in [4.69, 9.17) is 10.8 Å². The van der Waals surface area contributed by atoms with Gasteiger partial charge in [-0.05, 0) is 30.5 Å². The summed E-state index contributed by atoms with van der Waals surface area (Å²) in [5.74, 6) is -1.21. The number of aliphatic hydroxyl groups is 1. The minimum atomic E-state index is -1.29. The first kappa shape index (κ1) is 11.7. The number of benzene rings is 1. The van der Waals surface area contributed by atoms with Gasteiger partial charge in [0, 0.05) is 0 Å². The average Bonchev–Trinajstić information content (AvgIpc) is 2.20. The Morgan fingerprint density at radius 2 is 2.00 bits per heavy atom. The van der Waals surface area contributed by atoms with E-state index < -0.39 is 18.1 Å². The van der Waals surface area contributed by atoms with Gasteiger partial charge in [-0.1, -0.05) is 18.2 Å². The zero-order valence-electron chi connectivity index (χ0n) is 8.77. The molecule has 0 aromatic heterocycles. The quantitative estimate of drug-likeness (QED) is 0.686. The summed E-state index contributed by atoms with van der Waals surface area (Å²) in [6.45, 7) is 3.74. The first-order valence-electron chi connectivity index (χ1n) is 4.67. The number of hydrogen-bond donors (Lipinski definition) is 3. The topological polar surface area (TPSA) is 83.5 Å². The highest BCUT2D eigenvalue weighted by Crippen LogP contribution is 2.22. The van der Waals surface area contributed by atoms with Crippen LogP contribution in [0.5, 0.6) is 0 Å². The van der Waals surface area contributed by atoms with Crippen molar-refractivity contribution in [1.29, 1.82) is 0 Å². The highest BCUT2D eigenvalue weighted by atomic mass is 16.4. The number of rotatable bonds is 3. The third kappa shape index (κ3) is 2.34. The minimum Gasteiger partial charge on any atom is -0.480 e. The lowest BCUT2D eigenvalue weighted by atomic mass is 9.95. The van der Waals surface area contributed by atoms with E-state index in [1.54, 1.807) is 12.1 Å². The second-order valence-corrected chi connectivity index (χ2v) is 3.60. The maximum absolute atomic E-state index is 10.6. The number of carboxylic acids is 1. The molecular formula is C11H15NO3. The molecule has 1 rings (SSSR count). The molecule has 0 heterocycles. The third-order valence-electron chi connectivity index (χ3n) is 2.59. The molecule has 0 saturated carbocycles. The molecule has 4 heteroatoms. The monoisotopic (exact) mass is 209 g/mol. The van der Waals surface area contributed by atoms with Gasteiger partial charge >= 0.3 is 5.97 Å². The smallest absolute Gasteiger partial charge is 0.323 e. The molecule has 0 saturated heterocycles. The highest BCUT2D eigenvalue weighted by molar-refractivity contribution is 5.74. The fourth-order valence-corrected chi connectivity index (χ4v) is 1.42. The van der Waals surface area contributed by atoms with Crippen molar-refractivity contribution in [2.45, 2.75) is 26.0 Å². The van der Waals surface area contributed by atoms with Crippen LogP contribution in [0, 0.1) is 13.8 Å². The molecule has 0 fully saturated rings. The molecule has 0 radical (unpaired) electrons. The van der Waals surface area contributed by atoms with Crippen LogP contribution in [0.2, 0.25) is 0 Å². The fourth-order valence-electron chi connectivity index (χ4n) is 1.42. The molecule has 82 valence electrons. The van der Waals surface area contributed by atoms with Crippen molar-refractivity contribution in [2.75, 3.05) is 0 Å². The Bertz CT molecular complexity index is 376. The van der Waals surface area contributed by atoms with Gasteiger partial charge in [-0.2, -0.15) is 0 Å². The lowest BCUT2D eigenvalue weighted by Gasteiger charge is -2.18. The lowest BCUT2D eigenvalue weighted by Crippen LogP contribution is -2.36. The number of hydrogen-bond acceptors (Lipinski definition) is 3.